The largest absolute Gasteiger partial charge is 0.535 e. The Morgan fingerprint density at radius 3 is 2.89 bits per heavy atom. The lowest BCUT2D eigenvalue weighted by Gasteiger charge is -2.23. The zero-order chi connectivity index (χ0) is 14.0. The van der Waals surface area contributed by atoms with Gasteiger partial charge in [0.1, 0.15) is 11.3 Å². The molecule has 1 heterocycles. The van der Waals surface area contributed by atoms with E-state index >= 15 is 0 Å². The number of nitrogens with two attached hydrogens (primary N) is 2. The average molecular weight is 263 g/mol. The predicted molar refractivity (Wildman–Crippen MR) is 70.0 cm³/mol. The topological polar surface area (TPSA) is 131 Å². The smallest absolute Gasteiger partial charge is 0.522 e. The minimum atomic E-state index is -1.17. The standard InChI is InChI=1S/C11H14BN3O4/c13-8(5-15-14)7-2-1-6-3-4-12(18)19-10(6)9(7)11(16)17/h1-2,5,15,18H,3-4,13-14H2,(H,16,17)/b8-5-. The monoisotopic (exact) mass is 263 g/mol. The molecule has 0 aromatic heterocycles. The Morgan fingerprint density at radius 2 is 2.26 bits per heavy atom. The van der Waals surface area contributed by atoms with Crippen molar-refractivity contribution in [1.82, 2.24) is 5.43 Å². The third kappa shape index (κ3) is 2.49. The van der Waals surface area contributed by atoms with Crippen molar-refractivity contribution < 1.29 is 19.6 Å². The highest BCUT2D eigenvalue weighted by Gasteiger charge is 2.29. The highest BCUT2D eigenvalue weighted by molar-refractivity contribution is 6.44. The first-order valence-corrected chi connectivity index (χ1v) is 5.70. The van der Waals surface area contributed by atoms with Gasteiger partial charge in [-0.25, -0.2) is 4.79 Å². The summed E-state index contributed by atoms with van der Waals surface area (Å²) >= 11 is 0. The van der Waals surface area contributed by atoms with Gasteiger partial charge in [-0.3, -0.25) is 5.84 Å². The van der Waals surface area contributed by atoms with E-state index in [4.69, 9.17) is 16.2 Å². The summed E-state index contributed by atoms with van der Waals surface area (Å²) in [6, 6.07) is 3.34. The number of carboxylic acid groups (broad SMARTS) is 1. The van der Waals surface area contributed by atoms with Crippen LogP contribution in [0, 0.1) is 0 Å². The number of aromatic carboxylic acids is 1. The Kier molecular flexibility index (Phi) is 3.63. The number of hydrazine groups is 1. The normalized spacial score (nSPS) is 14.6. The fourth-order valence-corrected chi connectivity index (χ4v) is 2.05. The minimum absolute atomic E-state index is 0.0692. The molecule has 0 atom stereocenters. The second-order valence-corrected chi connectivity index (χ2v) is 4.16. The van der Waals surface area contributed by atoms with E-state index in [1.165, 1.54) is 6.20 Å². The molecule has 0 unspecified atom stereocenters. The molecule has 19 heavy (non-hydrogen) atoms. The predicted octanol–water partition coefficient (Wildman–Crippen LogP) is -0.479. The van der Waals surface area contributed by atoms with Gasteiger partial charge in [-0.1, -0.05) is 12.1 Å². The summed E-state index contributed by atoms with van der Waals surface area (Å²) in [5.41, 5.74) is 9.13. The Morgan fingerprint density at radius 1 is 1.53 bits per heavy atom. The number of carbonyl (C=O) groups is 1. The summed E-state index contributed by atoms with van der Waals surface area (Å²) in [7, 11) is -1.00. The molecule has 7 N–H and O–H groups in total. The van der Waals surface area contributed by atoms with Crippen LogP contribution in [0.4, 0.5) is 0 Å². The van der Waals surface area contributed by atoms with Gasteiger partial charge in [-0.2, -0.15) is 0 Å². The zero-order valence-corrected chi connectivity index (χ0v) is 10.1. The van der Waals surface area contributed by atoms with E-state index in [2.05, 4.69) is 5.43 Å². The molecule has 8 heteroatoms. The van der Waals surface area contributed by atoms with Crippen LogP contribution in [0.5, 0.6) is 5.75 Å². The van der Waals surface area contributed by atoms with Crippen LogP contribution in [-0.4, -0.2) is 23.2 Å². The van der Waals surface area contributed by atoms with Crippen LogP contribution in [-0.2, 0) is 6.42 Å². The van der Waals surface area contributed by atoms with E-state index in [9.17, 15) is 14.9 Å². The summed E-state index contributed by atoms with van der Waals surface area (Å²) in [5.74, 6) is 4.12. The van der Waals surface area contributed by atoms with Crippen molar-refractivity contribution in [3.8, 4) is 5.75 Å². The molecular formula is C11H14BN3O4. The number of benzene rings is 1. The molecule has 0 radical (unpaired) electrons. The molecule has 0 saturated carbocycles. The molecule has 7 nitrogen and oxygen atoms in total. The van der Waals surface area contributed by atoms with E-state index in [1.54, 1.807) is 12.1 Å². The molecule has 0 amide bonds. The number of carboxylic acids is 1. The molecule has 0 aliphatic carbocycles. The fraction of sp³-hybridized carbons (Fsp3) is 0.182. The van der Waals surface area contributed by atoms with Gasteiger partial charge in [-0.15, -0.1) is 0 Å². The summed E-state index contributed by atoms with van der Waals surface area (Å²) in [6.45, 7) is 0. The van der Waals surface area contributed by atoms with Crippen LogP contribution < -0.4 is 21.7 Å². The molecule has 1 aromatic rings. The lowest BCUT2D eigenvalue weighted by molar-refractivity contribution is 0.0694. The highest BCUT2D eigenvalue weighted by Crippen LogP contribution is 2.34. The number of hydrogen-bond acceptors (Lipinski definition) is 6. The van der Waals surface area contributed by atoms with Crippen LogP contribution in [0.1, 0.15) is 21.5 Å². The van der Waals surface area contributed by atoms with Crippen molar-refractivity contribution >= 4 is 18.8 Å². The fourth-order valence-electron chi connectivity index (χ4n) is 2.05. The third-order valence-electron chi connectivity index (χ3n) is 2.92. The Labute approximate surface area is 110 Å². The Balaban J connectivity index is 2.60. The third-order valence-corrected chi connectivity index (χ3v) is 2.92. The molecule has 100 valence electrons. The number of nitrogens with one attached hydrogen (secondary N) is 1. The van der Waals surface area contributed by atoms with Crippen molar-refractivity contribution in [2.24, 2.45) is 11.6 Å². The molecule has 1 aliphatic heterocycles. The molecule has 0 fully saturated rings. The number of hydrogen-bond donors (Lipinski definition) is 5. The maximum atomic E-state index is 11.4. The molecule has 0 spiro atoms. The molecule has 2 rings (SSSR count). The number of rotatable bonds is 3. The maximum absolute atomic E-state index is 11.4. The second kappa shape index (κ2) is 5.21. The van der Waals surface area contributed by atoms with E-state index in [0.29, 0.717) is 18.3 Å². The number of fused-ring (bicyclic) bond motifs is 1. The van der Waals surface area contributed by atoms with Crippen molar-refractivity contribution in [3.05, 3.63) is 35.0 Å². The number of aryl methyl sites for hydroxylation is 1. The molecule has 0 bridgehead atoms. The lowest BCUT2D eigenvalue weighted by atomic mass is 9.78. The van der Waals surface area contributed by atoms with E-state index in [0.717, 1.165) is 5.56 Å². The van der Waals surface area contributed by atoms with Gasteiger partial charge in [-0.05, 0) is 18.3 Å². The van der Waals surface area contributed by atoms with Crippen molar-refractivity contribution in [2.75, 3.05) is 0 Å². The summed E-state index contributed by atoms with van der Waals surface area (Å²) in [4.78, 5) is 11.4. The van der Waals surface area contributed by atoms with Crippen LogP contribution in [0.2, 0.25) is 6.32 Å². The Bertz CT molecular complexity index is 547. The maximum Gasteiger partial charge on any atom is 0.522 e. The van der Waals surface area contributed by atoms with Gasteiger partial charge in [0, 0.05) is 11.8 Å². The van der Waals surface area contributed by atoms with E-state index < -0.39 is 13.1 Å². The quantitative estimate of drug-likeness (QED) is 0.283. The van der Waals surface area contributed by atoms with E-state index in [-0.39, 0.29) is 17.0 Å². The highest BCUT2D eigenvalue weighted by atomic mass is 16.5. The zero-order valence-electron chi connectivity index (χ0n) is 10.1. The lowest BCUT2D eigenvalue weighted by Crippen LogP contribution is -2.28. The SMILES string of the molecule is NN/C=C(\N)c1ccc2c(c1C(=O)O)OB(O)CC2. The molecule has 1 aromatic carbocycles. The summed E-state index contributed by atoms with van der Waals surface area (Å²) in [5, 5.41) is 18.8. The van der Waals surface area contributed by atoms with Gasteiger partial charge in [0.15, 0.2) is 0 Å². The summed E-state index contributed by atoms with van der Waals surface area (Å²) < 4.78 is 5.23. The molecule has 0 saturated heterocycles. The average Bonchev–Trinajstić information content (AvgIpc) is 2.37. The first-order valence-electron chi connectivity index (χ1n) is 5.70. The van der Waals surface area contributed by atoms with Gasteiger partial charge in [0.2, 0.25) is 0 Å². The van der Waals surface area contributed by atoms with Crippen LogP contribution in [0.25, 0.3) is 5.70 Å². The molecule has 1 aliphatic rings. The van der Waals surface area contributed by atoms with Crippen LogP contribution >= 0.6 is 0 Å². The van der Waals surface area contributed by atoms with Gasteiger partial charge in [0.05, 0.1) is 5.70 Å². The Hall–Kier alpha value is -2.19. The molecular weight excluding hydrogens is 249 g/mol. The van der Waals surface area contributed by atoms with Crippen molar-refractivity contribution in [3.63, 3.8) is 0 Å². The van der Waals surface area contributed by atoms with Gasteiger partial charge in [0.25, 0.3) is 0 Å². The van der Waals surface area contributed by atoms with Crippen LogP contribution in [0.15, 0.2) is 18.3 Å². The van der Waals surface area contributed by atoms with Gasteiger partial charge >= 0.3 is 13.1 Å². The van der Waals surface area contributed by atoms with Crippen molar-refractivity contribution in [2.45, 2.75) is 12.7 Å². The second-order valence-electron chi connectivity index (χ2n) is 4.16. The first kappa shape index (κ1) is 13.3. The van der Waals surface area contributed by atoms with Crippen molar-refractivity contribution in [1.29, 1.82) is 0 Å². The van der Waals surface area contributed by atoms with Gasteiger partial charge < -0.3 is 25.9 Å². The van der Waals surface area contributed by atoms with E-state index in [1.807, 2.05) is 0 Å². The van der Waals surface area contributed by atoms with Crippen LogP contribution in [0.3, 0.4) is 0 Å². The minimum Gasteiger partial charge on any atom is -0.535 e. The first-order chi connectivity index (χ1) is 9.04. The summed E-state index contributed by atoms with van der Waals surface area (Å²) in [6.07, 6.45) is 2.27.